The van der Waals surface area contributed by atoms with Crippen molar-refractivity contribution in [3.05, 3.63) is 35.4 Å². The molecule has 2 rings (SSSR count). The molecule has 1 amide bonds. The van der Waals surface area contributed by atoms with Crippen molar-refractivity contribution >= 4 is 11.9 Å². The Morgan fingerprint density at radius 2 is 2.05 bits per heavy atom. The molecule has 1 heterocycles. The maximum atomic E-state index is 12.2. The van der Waals surface area contributed by atoms with Gasteiger partial charge in [-0.1, -0.05) is 5.92 Å². The first-order valence-electron chi connectivity index (χ1n) is 5.82. The van der Waals surface area contributed by atoms with Crippen LogP contribution in [0, 0.1) is 12.3 Å². The van der Waals surface area contributed by atoms with Crippen LogP contribution >= 0.6 is 0 Å². The maximum absolute atomic E-state index is 12.2. The van der Waals surface area contributed by atoms with Crippen LogP contribution in [-0.4, -0.2) is 47.7 Å². The van der Waals surface area contributed by atoms with E-state index in [0.29, 0.717) is 17.7 Å². The molecule has 1 aliphatic heterocycles. The average Bonchev–Trinajstić information content (AvgIpc) is 2.46. The van der Waals surface area contributed by atoms with Gasteiger partial charge in [0.2, 0.25) is 0 Å². The molecular formula is C14H13NO4. The fraction of sp³-hybridized carbons (Fsp3) is 0.286. The van der Waals surface area contributed by atoms with Crippen molar-refractivity contribution in [1.29, 1.82) is 0 Å². The lowest BCUT2D eigenvalue weighted by molar-refractivity contribution is -0.154. The van der Waals surface area contributed by atoms with E-state index in [2.05, 4.69) is 5.92 Å². The second-order valence-corrected chi connectivity index (χ2v) is 4.17. The zero-order valence-corrected chi connectivity index (χ0v) is 10.2. The fourth-order valence-electron chi connectivity index (χ4n) is 1.87. The SMILES string of the molecule is C#Cc1ccc(C(=O)N2CCOC(C(=O)O)C2)cc1. The first-order chi connectivity index (χ1) is 9.11. The van der Waals surface area contributed by atoms with Crippen LogP contribution in [0.15, 0.2) is 24.3 Å². The topological polar surface area (TPSA) is 66.8 Å². The summed E-state index contributed by atoms with van der Waals surface area (Å²) in [5.41, 5.74) is 1.19. The number of nitrogens with zero attached hydrogens (tertiary/aromatic N) is 1. The van der Waals surface area contributed by atoms with Crippen LogP contribution in [0.1, 0.15) is 15.9 Å². The molecule has 0 radical (unpaired) electrons. The van der Waals surface area contributed by atoms with Crippen LogP contribution in [0.5, 0.6) is 0 Å². The van der Waals surface area contributed by atoms with E-state index in [9.17, 15) is 9.59 Å². The summed E-state index contributed by atoms with van der Waals surface area (Å²) in [5, 5.41) is 8.89. The largest absolute Gasteiger partial charge is 0.479 e. The van der Waals surface area contributed by atoms with Crippen LogP contribution in [0.3, 0.4) is 0 Å². The van der Waals surface area contributed by atoms with Gasteiger partial charge in [-0.25, -0.2) is 4.79 Å². The highest BCUT2D eigenvalue weighted by atomic mass is 16.5. The number of hydrogen-bond donors (Lipinski definition) is 1. The van der Waals surface area contributed by atoms with Crippen molar-refractivity contribution in [2.45, 2.75) is 6.10 Å². The molecule has 1 aromatic carbocycles. The van der Waals surface area contributed by atoms with Crippen molar-refractivity contribution < 1.29 is 19.4 Å². The third kappa shape index (κ3) is 2.92. The van der Waals surface area contributed by atoms with Crippen molar-refractivity contribution in [3.8, 4) is 12.3 Å². The van der Waals surface area contributed by atoms with Gasteiger partial charge < -0.3 is 14.7 Å². The van der Waals surface area contributed by atoms with Crippen LogP contribution in [0.25, 0.3) is 0 Å². The molecule has 1 saturated heterocycles. The molecule has 98 valence electrons. The predicted octanol–water partition coefficient (Wildman–Crippen LogP) is 0.593. The number of carboxylic acid groups (broad SMARTS) is 1. The molecule has 0 aromatic heterocycles. The summed E-state index contributed by atoms with van der Waals surface area (Å²) in [6, 6.07) is 6.65. The van der Waals surface area contributed by atoms with E-state index in [1.54, 1.807) is 24.3 Å². The lowest BCUT2D eigenvalue weighted by atomic mass is 10.1. The molecule has 5 heteroatoms. The number of benzene rings is 1. The average molecular weight is 259 g/mol. The number of aliphatic carboxylic acids is 1. The minimum absolute atomic E-state index is 0.0606. The van der Waals surface area contributed by atoms with Gasteiger partial charge in [0.1, 0.15) is 0 Å². The van der Waals surface area contributed by atoms with Crippen molar-refractivity contribution in [2.24, 2.45) is 0 Å². The summed E-state index contributed by atoms with van der Waals surface area (Å²) in [6.45, 7) is 0.676. The van der Waals surface area contributed by atoms with E-state index < -0.39 is 12.1 Å². The first kappa shape index (κ1) is 13.1. The van der Waals surface area contributed by atoms with Gasteiger partial charge >= 0.3 is 5.97 Å². The normalized spacial score (nSPS) is 18.7. The van der Waals surface area contributed by atoms with E-state index >= 15 is 0 Å². The third-order valence-corrected chi connectivity index (χ3v) is 2.93. The predicted molar refractivity (Wildman–Crippen MR) is 67.7 cm³/mol. The zero-order chi connectivity index (χ0) is 13.8. The summed E-state index contributed by atoms with van der Waals surface area (Å²) >= 11 is 0. The monoisotopic (exact) mass is 259 g/mol. The molecule has 1 N–H and O–H groups in total. The van der Waals surface area contributed by atoms with Gasteiger partial charge in [0, 0.05) is 17.7 Å². The van der Waals surface area contributed by atoms with Gasteiger partial charge in [-0.2, -0.15) is 0 Å². The second-order valence-electron chi connectivity index (χ2n) is 4.17. The van der Waals surface area contributed by atoms with Crippen molar-refractivity contribution in [2.75, 3.05) is 19.7 Å². The second kappa shape index (κ2) is 5.55. The molecule has 1 unspecified atom stereocenters. The molecule has 1 atom stereocenters. The molecule has 1 aromatic rings. The number of hydrogen-bond acceptors (Lipinski definition) is 3. The Morgan fingerprint density at radius 1 is 1.37 bits per heavy atom. The van der Waals surface area contributed by atoms with Gasteiger partial charge in [-0.3, -0.25) is 4.79 Å². The number of carboxylic acids is 1. The zero-order valence-electron chi connectivity index (χ0n) is 10.2. The molecule has 1 fully saturated rings. The van der Waals surface area contributed by atoms with Gasteiger partial charge in [0.25, 0.3) is 5.91 Å². The van der Waals surface area contributed by atoms with Gasteiger partial charge in [-0.15, -0.1) is 6.42 Å². The van der Waals surface area contributed by atoms with Gasteiger partial charge in [0.15, 0.2) is 6.10 Å². The number of terminal acetylenes is 1. The smallest absolute Gasteiger partial charge is 0.334 e. The number of rotatable bonds is 2. The number of carbonyl (C=O) groups excluding carboxylic acids is 1. The summed E-state index contributed by atoms with van der Waals surface area (Å²) < 4.78 is 5.07. The Bertz CT molecular complexity index is 529. The van der Waals surface area contributed by atoms with Crippen LogP contribution < -0.4 is 0 Å². The van der Waals surface area contributed by atoms with Gasteiger partial charge in [0.05, 0.1) is 13.2 Å². The molecule has 0 saturated carbocycles. The Labute approximate surface area is 110 Å². The van der Waals surface area contributed by atoms with E-state index in [1.807, 2.05) is 0 Å². The van der Waals surface area contributed by atoms with Crippen LogP contribution in [-0.2, 0) is 9.53 Å². The summed E-state index contributed by atoms with van der Waals surface area (Å²) in [6.07, 6.45) is 4.29. The minimum atomic E-state index is -1.06. The van der Waals surface area contributed by atoms with Crippen LogP contribution in [0.2, 0.25) is 0 Å². The number of amides is 1. The highest BCUT2D eigenvalue weighted by Crippen LogP contribution is 2.11. The first-order valence-corrected chi connectivity index (χ1v) is 5.82. The van der Waals surface area contributed by atoms with Gasteiger partial charge in [-0.05, 0) is 24.3 Å². The van der Waals surface area contributed by atoms with E-state index in [0.717, 1.165) is 0 Å². The lowest BCUT2D eigenvalue weighted by Crippen LogP contribution is -2.48. The van der Waals surface area contributed by atoms with Crippen molar-refractivity contribution in [3.63, 3.8) is 0 Å². The van der Waals surface area contributed by atoms with E-state index in [-0.39, 0.29) is 19.1 Å². The number of ether oxygens (including phenoxy) is 1. The summed E-state index contributed by atoms with van der Waals surface area (Å²) in [4.78, 5) is 24.5. The molecule has 19 heavy (non-hydrogen) atoms. The Kier molecular flexibility index (Phi) is 3.83. The molecular weight excluding hydrogens is 246 g/mol. The maximum Gasteiger partial charge on any atom is 0.334 e. The molecule has 0 spiro atoms. The van der Waals surface area contributed by atoms with E-state index in [4.69, 9.17) is 16.3 Å². The Hall–Kier alpha value is -2.32. The van der Waals surface area contributed by atoms with Crippen LogP contribution in [0.4, 0.5) is 0 Å². The summed E-state index contributed by atoms with van der Waals surface area (Å²) in [7, 11) is 0. The third-order valence-electron chi connectivity index (χ3n) is 2.93. The fourth-order valence-corrected chi connectivity index (χ4v) is 1.87. The number of morpholine rings is 1. The molecule has 0 aliphatic carbocycles. The van der Waals surface area contributed by atoms with Crippen molar-refractivity contribution in [1.82, 2.24) is 4.90 Å². The number of carbonyl (C=O) groups is 2. The lowest BCUT2D eigenvalue weighted by Gasteiger charge is -2.30. The standard InChI is InChI=1S/C14H13NO4/c1-2-10-3-5-11(6-4-10)13(16)15-7-8-19-12(9-15)14(17)18/h1,3-6,12H,7-9H2,(H,17,18). The quantitative estimate of drug-likeness (QED) is 0.789. The molecule has 5 nitrogen and oxygen atoms in total. The Morgan fingerprint density at radius 3 is 2.63 bits per heavy atom. The summed E-state index contributed by atoms with van der Waals surface area (Å²) in [5.74, 6) is 1.21. The minimum Gasteiger partial charge on any atom is -0.479 e. The van der Waals surface area contributed by atoms with E-state index in [1.165, 1.54) is 4.90 Å². The Balaban J connectivity index is 2.10. The molecule has 1 aliphatic rings. The highest BCUT2D eigenvalue weighted by Gasteiger charge is 2.29. The highest BCUT2D eigenvalue weighted by molar-refractivity contribution is 5.94. The molecule has 0 bridgehead atoms.